The number of pyridine rings is 2. The van der Waals surface area contributed by atoms with E-state index in [1.807, 2.05) is 12.1 Å². The van der Waals surface area contributed by atoms with Crippen LogP contribution in [0.5, 0.6) is 0 Å². The molecule has 2 aromatic heterocycles. The van der Waals surface area contributed by atoms with Gasteiger partial charge in [-0.3, -0.25) is 9.97 Å². The Morgan fingerprint density at radius 2 is 1.79 bits per heavy atom. The Morgan fingerprint density at radius 3 is 2.43 bits per heavy atom. The SMILES string of the molecule is Clc1ccc(-c2cncc(Cl)c2)nc1. The van der Waals surface area contributed by atoms with E-state index in [0.29, 0.717) is 10.0 Å². The quantitative estimate of drug-likeness (QED) is 0.742. The second-order valence-corrected chi connectivity index (χ2v) is 3.63. The molecule has 0 N–H and O–H groups in total. The van der Waals surface area contributed by atoms with E-state index in [1.54, 1.807) is 24.7 Å². The van der Waals surface area contributed by atoms with Gasteiger partial charge in [-0.2, -0.15) is 0 Å². The molecule has 2 nitrogen and oxygen atoms in total. The van der Waals surface area contributed by atoms with Crippen LogP contribution in [0.3, 0.4) is 0 Å². The summed E-state index contributed by atoms with van der Waals surface area (Å²) in [7, 11) is 0. The summed E-state index contributed by atoms with van der Waals surface area (Å²) in [5, 5.41) is 1.21. The predicted octanol–water partition coefficient (Wildman–Crippen LogP) is 3.45. The highest BCUT2D eigenvalue weighted by atomic mass is 35.5. The van der Waals surface area contributed by atoms with E-state index in [1.165, 1.54) is 0 Å². The van der Waals surface area contributed by atoms with Crippen LogP contribution in [0.4, 0.5) is 0 Å². The van der Waals surface area contributed by atoms with Gasteiger partial charge in [0, 0.05) is 24.2 Å². The maximum Gasteiger partial charge on any atom is 0.0719 e. The number of halogens is 2. The standard InChI is InChI=1S/C10H6Cl2N2/c11-8-1-2-10(14-6-8)7-3-9(12)5-13-4-7/h1-6H. The second-order valence-electron chi connectivity index (χ2n) is 2.75. The zero-order valence-electron chi connectivity index (χ0n) is 7.11. The van der Waals surface area contributed by atoms with Gasteiger partial charge in [0.15, 0.2) is 0 Å². The molecule has 0 aliphatic heterocycles. The normalized spacial score (nSPS) is 10.1. The molecule has 0 fully saturated rings. The molecule has 0 unspecified atom stereocenters. The first kappa shape index (κ1) is 9.44. The lowest BCUT2D eigenvalue weighted by molar-refractivity contribution is 1.28. The molecule has 2 aromatic rings. The van der Waals surface area contributed by atoms with E-state index >= 15 is 0 Å². The highest BCUT2D eigenvalue weighted by Gasteiger charge is 1.99. The van der Waals surface area contributed by atoms with E-state index in [2.05, 4.69) is 9.97 Å². The molecule has 2 rings (SSSR count). The Labute approximate surface area is 91.5 Å². The molecule has 0 aromatic carbocycles. The monoisotopic (exact) mass is 224 g/mol. The highest BCUT2D eigenvalue weighted by Crippen LogP contribution is 2.20. The van der Waals surface area contributed by atoms with Crippen molar-refractivity contribution in [1.29, 1.82) is 0 Å². The minimum atomic E-state index is 0.597. The van der Waals surface area contributed by atoms with Crippen molar-refractivity contribution < 1.29 is 0 Å². The summed E-state index contributed by atoms with van der Waals surface area (Å²) < 4.78 is 0. The van der Waals surface area contributed by atoms with Gasteiger partial charge < -0.3 is 0 Å². The number of hydrogen-bond acceptors (Lipinski definition) is 2. The Morgan fingerprint density at radius 1 is 0.929 bits per heavy atom. The van der Waals surface area contributed by atoms with Crippen LogP contribution < -0.4 is 0 Å². The van der Waals surface area contributed by atoms with Gasteiger partial charge in [0.05, 0.1) is 15.7 Å². The van der Waals surface area contributed by atoms with Gasteiger partial charge in [0.1, 0.15) is 0 Å². The fourth-order valence-electron chi connectivity index (χ4n) is 1.10. The van der Waals surface area contributed by atoms with Gasteiger partial charge in [-0.15, -0.1) is 0 Å². The Kier molecular flexibility index (Phi) is 2.66. The van der Waals surface area contributed by atoms with Crippen molar-refractivity contribution in [3.05, 3.63) is 46.8 Å². The van der Waals surface area contributed by atoms with E-state index in [9.17, 15) is 0 Å². The Bertz CT molecular complexity index is 440. The number of aromatic nitrogens is 2. The maximum absolute atomic E-state index is 5.81. The van der Waals surface area contributed by atoms with Crippen LogP contribution >= 0.6 is 23.2 Å². The van der Waals surface area contributed by atoms with Gasteiger partial charge in [0.25, 0.3) is 0 Å². The summed E-state index contributed by atoms with van der Waals surface area (Å²) in [5.74, 6) is 0. The van der Waals surface area contributed by atoms with Crippen molar-refractivity contribution in [2.45, 2.75) is 0 Å². The summed E-state index contributed by atoms with van der Waals surface area (Å²) in [6.45, 7) is 0. The summed E-state index contributed by atoms with van der Waals surface area (Å²) >= 11 is 11.5. The molecular weight excluding hydrogens is 219 g/mol. The van der Waals surface area contributed by atoms with Crippen molar-refractivity contribution in [2.75, 3.05) is 0 Å². The molecule has 0 saturated heterocycles. The molecule has 0 radical (unpaired) electrons. The van der Waals surface area contributed by atoms with Crippen LogP contribution in [0.1, 0.15) is 0 Å². The lowest BCUT2D eigenvalue weighted by Crippen LogP contribution is -1.83. The minimum absolute atomic E-state index is 0.597. The molecule has 70 valence electrons. The van der Waals surface area contributed by atoms with Gasteiger partial charge >= 0.3 is 0 Å². The average molecular weight is 225 g/mol. The maximum atomic E-state index is 5.81. The topological polar surface area (TPSA) is 25.8 Å². The van der Waals surface area contributed by atoms with Crippen LogP contribution in [-0.4, -0.2) is 9.97 Å². The zero-order chi connectivity index (χ0) is 9.97. The first-order valence-corrected chi connectivity index (χ1v) is 4.74. The number of hydrogen-bond donors (Lipinski definition) is 0. The molecule has 0 spiro atoms. The Balaban J connectivity index is 2.44. The highest BCUT2D eigenvalue weighted by molar-refractivity contribution is 6.31. The molecule has 0 aliphatic carbocycles. The van der Waals surface area contributed by atoms with Crippen LogP contribution in [0.15, 0.2) is 36.8 Å². The molecule has 2 heterocycles. The molecule has 0 atom stereocenters. The largest absolute Gasteiger partial charge is 0.262 e. The third kappa shape index (κ3) is 2.03. The molecule has 0 amide bonds. The van der Waals surface area contributed by atoms with Gasteiger partial charge in [-0.05, 0) is 18.2 Å². The molecule has 0 aliphatic rings. The van der Waals surface area contributed by atoms with Crippen LogP contribution in [-0.2, 0) is 0 Å². The van der Waals surface area contributed by atoms with Gasteiger partial charge in [0.2, 0.25) is 0 Å². The third-order valence-electron chi connectivity index (χ3n) is 1.73. The van der Waals surface area contributed by atoms with Crippen LogP contribution in [0, 0.1) is 0 Å². The number of nitrogens with zero attached hydrogens (tertiary/aromatic N) is 2. The Hall–Kier alpha value is -1.12. The fourth-order valence-corrected chi connectivity index (χ4v) is 1.38. The van der Waals surface area contributed by atoms with Gasteiger partial charge in [-0.1, -0.05) is 23.2 Å². The first-order valence-electron chi connectivity index (χ1n) is 3.98. The lowest BCUT2D eigenvalue weighted by Gasteiger charge is -1.99. The summed E-state index contributed by atoms with van der Waals surface area (Å²) in [6.07, 6.45) is 4.89. The van der Waals surface area contributed by atoms with Crippen molar-refractivity contribution in [2.24, 2.45) is 0 Å². The van der Waals surface area contributed by atoms with Crippen molar-refractivity contribution in [3.8, 4) is 11.3 Å². The predicted molar refractivity (Wildman–Crippen MR) is 57.5 cm³/mol. The molecule has 0 saturated carbocycles. The zero-order valence-corrected chi connectivity index (χ0v) is 8.63. The summed E-state index contributed by atoms with van der Waals surface area (Å²) in [4.78, 5) is 8.14. The van der Waals surface area contributed by atoms with Crippen LogP contribution in [0.25, 0.3) is 11.3 Å². The van der Waals surface area contributed by atoms with E-state index < -0.39 is 0 Å². The molecular formula is C10H6Cl2N2. The average Bonchev–Trinajstić information content (AvgIpc) is 2.19. The molecule has 0 bridgehead atoms. The molecule has 14 heavy (non-hydrogen) atoms. The smallest absolute Gasteiger partial charge is 0.0719 e. The fraction of sp³-hybridized carbons (Fsp3) is 0. The third-order valence-corrected chi connectivity index (χ3v) is 2.16. The van der Waals surface area contributed by atoms with E-state index in [0.717, 1.165) is 11.3 Å². The van der Waals surface area contributed by atoms with Crippen LogP contribution in [0.2, 0.25) is 10.0 Å². The van der Waals surface area contributed by atoms with E-state index in [-0.39, 0.29) is 0 Å². The van der Waals surface area contributed by atoms with E-state index in [4.69, 9.17) is 23.2 Å². The summed E-state index contributed by atoms with van der Waals surface area (Å²) in [5.41, 5.74) is 1.69. The summed E-state index contributed by atoms with van der Waals surface area (Å²) in [6, 6.07) is 5.42. The van der Waals surface area contributed by atoms with Gasteiger partial charge in [-0.25, -0.2) is 0 Å². The minimum Gasteiger partial charge on any atom is -0.262 e. The number of rotatable bonds is 1. The van der Waals surface area contributed by atoms with Crippen molar-refractivity contribution in [3.63, 3.8) is 0 Å². The first-order chi connectivity index (χ1) is 6.75. The lowest BCUT2D eigenvalue weighted by atomic mass is 10.2. The van der Waals surface area contributed by atoms with Crippen molar-refractivity contribution in [1.82, 2.24) is 9.97 Å². The molecule has 4 heteroatoms. The van der Waals surface area contributed by atoms with Crippen molar-refractivity contribution >= 4 is 23.2 Å². The second kappa shape index (κ2) is 3.95.